The number of amides is 1. The van der Waals surface area contributed by atoms with Crippen LogP contribution in [0, 0.1) is 6.92 Å². The normalized spacial score (nSPS) is 14.1. The lowest BCUT2D eigenvalue weighted by Gasteiger charge is -2.27. The molecule has 1 fully saturated rings. The Morgan fingerprint density at radius 2 is 1.64 bits per heavy atom. The summed E-state index contributed by atoms with van der Waals surface area (Å²) in [6.07, 6.45) is -1.01. The first-order chi connectivity index (χ1) is 15.8. The Kier molecular flexibility index (Phi) is 6.48. The Bertz CT molecular complexity index is 1130. The molecule has 2 aromatic carbocycles. The molecule has 2 heterocycles. The highest BCUT2D eigenvalue weighted by molar-refractivity contribution is 6.04. The van der Waals surface area contributed by atoms with Crippen LogP contribution in [0.5, 0.6) is 0 Å². The Hall–Kier alpha value is -3.62. The predicted molar refractivity (Wildman–Crippen MR) is 122 cm³/mol. The molecular weight excluding hydrogens is 431 g/mol. The number of aromatic nitrogens is 2. The minimum Gasteiger partial charge on any atom is -0.341 e. The molecular formula is C24H24F3N5O. The van der Waals surface area contributed by atoms with E-state index < -0.39 is 17.6 Å². The third kappa shape index (κ3) is 5.79. The molecule has 1 aliphatic rings. The number of carbonyl (C=O) groups is 1. The van der Waals surface area contributed by atoms with Crippen molar-refractivity contribution in [3.63, 3.8) is 0 Å². The number of nitrogens with zero attached hydrogens (tertiary/aromatic N) is 3. The van der Waals surface area contributed by atoms with Gasteiger partial charge in [-0.2, -0.15) is 18.2 Å². The number of hydrogen-bond donors (Lipinski definition) is 2. The van der Waals surface area contributed by atoms with E-state index in [0.717, 1.165) is 49.4 Å². The van der Waals surface area contributed by atoms with Crippen molar-refractivity contribution < 1.29 is 18.0 Å². The van der Waals surface area contributed by atoms with Gasteiger partial charge in [-0.05, 0) is 68.7 Å². The molecule has 0 bridgehead atoms. The second-order valence-corrected chi connectivity index (χ2v) is 7.98. The van der Waals surface area contributed by atoms with Gasteiger partial charge in [0, 0.05) is 41.8 Å². The van der Waals surface area contributed by atoms with Crippen LogP contribution in [-0.2, 0) is 6.18 Å². The first kappa shape index (κ1) is 22.6. The van der Waals surface area contributed by atoms with Gasteiger partial charge in [0.2, 0.25) is 5.95 Å². The lowest BCUT2D eigenvalue weighted by Crippen LogP contribution is -2.31. The fourth-order valence-electron chi connectivity index (χ4n) is 3.68. The molecule has 6 nitrogen and oxygen atoms in total. The van der Waals surface area contributed by atoms with Crippen LogP contribution in [0.15, 0.2) is 54.6 Å². The van der Waals surface area contributed by atoms with Crippen molar-refractivity contribution in [3.8, 4) is 0 Å². The fourth-order valence-corrected chi connectivity index (χ4v) is 3.68. The summed E-state index contributed by atoms with van der Waals surface area (Å²) in [6, 6.07) is 13.1. The van der Waals surface area contributed by atoms with Gasteiger partial charge in [-0.3, -0.25) is 4.79 Å². The number of carbonyl (C=O) groups excluding carboxylic acids is 1. The quantitative estimate of drug-likeness (QED) is 0.510. The molecule has 1 saturated heterocycles. The van der Waals surface area contributed by atoms with E-state index in [-0.39, 0.29) is 5.56 Å². The number of anilines is 4. The topological polar surface area (TPSA) is 70.2 Å². The minimum absolute atomic E-state index is 0.0614. The highest BCUT2D eigenvalue weighted by Gasteiger charge is 2.30. The molecule has 33 heavy (non-hydrogen) atoms. The van der Waals surface area contributed by atoms with Gasteiger partial charge in [-0.15, -0.1) is 0 Å². The molecule has 0 aliphatic carbocycles. The summed E-state index contributed by atoms with van der Waals surface area (Å²) in [4.78, 5) is 23.8. The standard InChI is InChI=1S/C24H24F3N5O/c1-16-14-21(31-23(28-16)32-12-3-2-4-13-32)29-19-8-10-20(11-9-19)30-22(33)17-6-5-7-18(15-17)24(25,26)27/h5-11,14-15H,2-4,12-13H2,1H3,(H,30,33)(H,28,29,31). The summed E-state index contributed by atoms with van der Waals surface area (Å²) >= 11 is 0. The van der Waals surface area contributed by atoms with Gasteiger partial charge in [-0.25, -0.2) is 4.98 Å². The van der Waals surface area contributed by atoms with Gasteiger partial charge < -0.3 is 15.5 Å². The zero-order valence-corrected chi connectivity index (χ0v) is 18.1. The van der Waals surface area contributed by atoms with Crippen molar-refractivity contribution in [2.75, 3.05) is 28.6 Å². The van der Waals surface area contributed by atoms with E-state index in [1.165, 1.54) is 18.6 Å². The predicted octanol–water partition coefficient (Wildman–Crippen LogP) is 5.79. The SMILES string of the molecule is Cc1cc(Nc2ccc(NC(=O)c3cccc(C(F)(F)F)c3)cc2)nc(N2CCCCC2)n1. The lowest BCUT2D eigenvalue weighted by molar-refractivity contribution is -0.137. The van der Waals surface area contributed by atoms with E-state index in [4.69, 9.17) is 0 Å². The van der Waals surface area contributed by atoms with E-state index in [1.807, 2.05) is 13.0 Å². The maximum atomic E-state index is 12.9. The summed E-state index contributed by atoms with van der Waals surface area (Å²) in [5.41, 5.74) is 1.16. The molecule has 0 saturated carbocycles. The van der Waals surface area contributed by atoms with Crippen molar-refractivity contribution in [2.45, 2.75) is 32.4 Å². The van der Waals surface area contributed by atoms with Crippen LogP contribution in [0.3, 0.4) is 0 Å². The average molecular weight is 455 g/mol. The molecule has 0 unspecified atom stereocenters. The molecule has 4 rings (SSSR count). The number of rotatable bonds is 5. The Morgan fingerprint density at radius 1 is 0.939 bits per heavy atom. The van der Waals surface area contributed by atoms with E-state index in [0.29, 0.717) is 17.5 Å². The number of nitrogens with one attached hydrogen (secondary N) is 2. The van der Waals surface area contributed by atoms with E-state index in [1.54, 1.807) is 24.3 Å². The van der Waals surface area contributed by atoms with E-state index in [2.05, 4.69) is 25.5 Å². The Morgan fingerprint density at radius 3 is 2.33 bits per heavy atom. The maximum absolute atomic E-state index is 12.9. The molecule has 1 aromatic heterocycles. The van der Waals surface area contributed by atoms with E-state index in [9.17, 15) is 18.0 Å². The number of alkyl halides is 3. The summed E-state index contributed by atoms with van der Waals surface area (Å²) < 4.78 is 38.7. The summed E-state index contributed by atoms with van der Waals surface area (Å²) in [6.45, 7) is 3.82. The fraction of sp³-hybridized carbons (Fsp3) is 0.292. The van der Waals surface area contributed by atoms with Crippen LogP contribution in [0.2, 0.25) is 0 Å². The number of halogens is 3. The van der Waals surface area contributed by atoms with Crippen LogP contribution >= 0.6 is 0 Å². The van der Waals surface area contributed by atoms with Crippen molar-refractivity contribution in [3.05, 3.63) is 71.4 Å². The van der Waals surface area contributed by atoms with Gasteiger partial charge in [0.25, 0.3) is 5.91 Å². The smallest absolute Gasteiger partial charge is 0.341 e. The van der Waals surface area contributed by atoms with E-state index >= 15 is 0 Å². The third-order valence-electron chi connectivity index (χ3n) is 5.35. The highest BCUT2D eigenvalue weighted by atomic mass is 19.4. The van der Waals surface area contributed by atoms with Crippen LogP contribution < -0.4 is 15.5 Å². The molecule has 0 atom stereocenters. The zero-order chi connectivity index (χ0) is 23.4. The van der Waals surface area contributed by atoms with Crippen molar-refractivity contribution in [1.29, 1.82) is 0 Å². The van der Waals surface area contributed by atoms with Gasteiger partial charge in [-0.1, -0.05) is 6.07 Å². The largest absolute Gasteiger partial charge is 0.416 e. The number of hydrogen-bond acceptors (Lipinski definition) is 5. The lowest BCUT2D eigenvalue weighted by atomic mass is 10.1. The second-order valence-electron chi connectivity index (χ2n) is 7.98. The third-order valence-corrected chi connectivity index (χ3v) is 5.35. The van der Waals surface area contributed by atoms with Gasteiger partial charge in [0.15, 0.2) is 0 Å². The van der Waals surface area contributed by atoms with Gasteiger partial charge in [0.05, 0.1) is 5.56 Å². The number of aryl methyl sites for hydroxylation is 1. The van der Waals surface area contributed by atoms with Crippen LogP contribution in [0.25, 0.3) is 0 Å². The Labute approximate surface area is 189 Å². The maximum Gasteiger partial charge on any atom is 0.416 e. The zero-order valence-electron chi connectivity index (χ0n) is 18.1. The second kappa shape index (κ2) is 9.48. The monoisotopic (exact) mass is 455 g/mol. The molecule has 172 valence electrons. The number of piperidine rings is 1. The van der Waals surface area contributed by atoms with Gasteiger partial charge in [0.1, 0.15) is 5.82 Å². The first-order valence-electron chi connectivity index (χ1n) is 10.7. The van der Waals surface area contributed by atoms with Crippen molar-refractivity contribution in [1.82, 2.24) is 9.97 Å². The van der Waals surface area contributed by atoms with Crippen LogP contribution in [0.1, 0.15) is 40.9 Å². The molecule has 1 amide bonds. The van der Waals surface area contributed by atoms with Crippen LogP contribution in [-0.4, -0.2) is 29.0 Å². The highest BCUT2D eigenvalue weighted by Crippen LogP contribution is 2.30. The van der Waals surface area contributed by atoms with Crippen molar-refractivity contribution in [2.24, 2.45) is 0 Å². The summed E-state index contributed by atoms with van der Waals surface area (Å²) in [5, 5.41) is 5.87. The molecule has 9 heteroatoms. The molecule has 2 N–H and O–H groups in total. The number of benzene rings is 2. The Balaban J connectivity index is 1.43. The first-order valence-corrected chi connectivity index (χ1v) is 10.7. The van der Waals surface area contributed by atoms with Crippen LogP contribution in [0.4, 0.5) is 36.3 Å². The molecule has 0 spiro atoms. The summed E-state index contributed by atoms with van der Waals surface area (Å²) in [5.74, 6) is 0.769. The van der Waals surface area contributed by atoms with Crippen molar-refractivity contribution >= 4 is 29.0 Å². The van der Waals surface area contributed by atoms with Gasteiger partial charge >= 0.3 is 6.18 Å². The average Bonchev–Trinajstić information content (AvgIpc) is 2.80. The minimum atomic E-state index is -4.50. The molecule has 1 aliphatic heterocycles. The molecule has 3 aromatic rings. The molecule has 0 radical (unpaired) electrons. The summed E-state index contributed by atoms with van der Waals surface area (Å²) in [7, 11) is 0.